The van der Waals surface area contributed by atoms with Crippen LogP contribution < -0.4 is 5.32 Å². The zero-order valence-corrected chi connectivity index (χ0v) is 10.8. The van der Waals surface area contributed by atoms with Gasteiger partial charge in [0.05, 0.1) is 0 Å². The third kappa shape index (κ3) is 2.94. The zero-order valence-electron chi connectivity index (χ0n) is 9.18. The van der Waals surface area contributed by atoms with Crippen LogP contribution in [0.2, 0.25) is 0 Å². The molecule has 1 N–H and O–H groups in total. The van der Waals surface area contributed by atoms with E-state index in [9.17, 15) is 4.79 Å². The number of aromatic nitrogens is 3. The van der Waals surface area contributed by atoms with Gasteiger partial charge in [-0.1, -0.05) is 5.16 Å². The van der Waals surface area contributed by atoms with E-state index in [1.54, 1.807) is 10.6 Å². The summed E-state index contributed by atoms with van der Waals surface area (Å²) < 4.78 is 7.23. The molecule has 0 unspecified atom stereocenters. The normalized spacial score (nSPS) is 10.5. The Hall–Kier alpha value is -1.63. The van der Waals surface area contributed by atoms with Gasteiger partial charge in [-0.3, -0.25) is 4.79 Å². The number of aryl methyl sites for hydroxylation is 1. The standard InChI is InChI=1S/C10H11BrN4O2/c1-15-5-7(11)4-8(15)10(16)12-3-2-9-13-6-17-14-9/h4-6H,2-3H2,1H3,(H,12,16). The smallest absolute Gasteiger partial charge is 0.267 e. The van der Waals surface area contributed by atoms with Crippen LogP contribution in [0.4, 0.5) is 0 Å². The maximum absolute atomic E-state index is 11.8. The molecule has 0 fully saturated rings. The second-order valence-electron chi connectivity index (χ2n) is 3.51. The summed E-state index contributed by atoms with van der Waals surface area (Å²) in [7, 11) is 1.82. The van der Waals surface area contributed by atoms with E-state index in [-0.39, 0.29) is 5.91 Å². The predicted octanol–water partition coefficient (Wildman–Crippen LogP) is 1.14. The maximum Gasteiger partial charge on any atom is 0.267 e. The van der Waals surface area contributed by atoms with E-state index in [0.29, 0.717) is 24.5 Å². The average molecular weight is 299 g/mol. The van der Waals surface area contributed by atoms with Crippen LogP contribution in [0.25, 0.3) is 0 Å². The first-order valence-electron chi connectivity index (χ1n) is 5.02. The Morgan fingerprint density at radius 3 is 3.06 bits per heavy atom. The molecule has 2 aromatic rings. The number of rotatable bonds is 4. The number of nitrogens with zero attached hydrogens (tertiary/aromatic N) is 3. The molecule has 0 radical (unpaired) electrons. The van der Waals surface area contributed by atoms with Crippen molar-refractivity contribution < 1.29 is 9.32 Å². The van der Waals surface area contributed by atoms with Crippen LogP contribution in [-0.2, 0) is 13.5 Å². The van der Waals surface area contributed by atoms with Gasteiger partial charge in [-0.25, -0.2) is 0 Å². The van der Waals surface area contributed by atoms with Gasteiger partial charge in [0, 0.05) is 30.7 Å². The van der Waals surface area contributed by atoms with Crippen LogP contribution in [-0.4, -0.2) is 27.2 Å². The summed E-state index contributed by atoms with van der Waals surface area (Å²) in [5, 5.41) is 6.45. The highest BCUT2D eigenvalue weighted by Crippen LogP contribution is 2.13. The second kappa shape index (κ2) is 5.13. The number of halogens is 1. The lowest BCUT2D eigenvalue weighted by Gasteiger charge is -2.04. The van der Waals surface area contributed by atoms with Crippen molar-refractivity contribution in [3.63, 3.8) is 0 Å². The van der Waals surface area contributed by atoms with Crippen molar-refractivity contribution in [2.24, 2.45) is 7.05 Å². The van der Waals surface area contributed by atoms with Crippen molar-refractivity contribution in [3.05, 3.63) is 34.6 Å². The Morgan fingerprint density at radius 2 is 2.47 bits per heavy atom. The van der Waals surface area contributed by atoms with Gasteiger partial charge in [0.2, 0.25) is 6.39 Å². The molecule has 17 heavy (non-hydrogen) atoms. The molecule has 2 heterocycles. The van der Waals surface area contributed by atoms with Crippen LogP contribution in [0.5, 0.6) is 0 Å². The minimum Gasteiger partial charge on any atom is -0.350 e. The number of hydrogen-bond donors (Lipinski definition) is 1. The Kier molecular flexibility index (Phi) is 3.58. The second-order valence-corrected chi connectivity index (χ2v) is 4.42. The van der Waals surface area contributed by atoms with Crippen LogP contribution >= 0.6 is 15.9 Å². The van der Waals surface area contributed by atoms with Gasteiger partial charge in [0.1, 0.15) is 5.69 Å². The van der Waals surface area contributed by atoms with Gasteiger partial charge in [-0.15, -0.1) is 0 Å². The number of amides is 1. The molecule has 7 heteroatoms. The minimum absolute atomic E-state index is 0.123. The van der Waals surface area contributed by atoms with Gasteiger partial charge in [-0.2, -0.15) is 4.98 Å². The Morgan fingerprint density at radius 1 is 1.65 bits per heavy atom. The quantitative estimate of drug-likeness (QED) is 0.919. The monoisotopic (exact) mass is 298 g/mol. The summed E-state index contributed by atoms with van der Waals surface area (Å²) in [6.45, 7) is 0.473. The highest BCUT2D eigenvalue weighted by molar-refractivity contribution is 9.10. The molecule has 0 atom stereocenters. The number of hydrogen-bond acceptors (Lipinski definition) is 4. The first-order valence-corrected chi connectivity index (χ1v) is 5.81. The predicted molar refractivity (Wildman–Crippen MR) is 63.4 cm³/mol. The van der Waals surface area contributed by atoms with Crippen LogP contribution in [0.3, 0.4) is 0 Å². The first-order chi connectivity index (χ1) is 8.16. The first kappa shape index (κ1) is 11.8. The summed E-state index contributed by atoms with van der Waals surface area (Å²) in [6, 6.07) is 1.77. The largest absolute Gasteiger partial charge is 0.350 e. The molecule has 0 saturated carbocycles. The van der Waals surface area contributed by atoms with Crippen molar-refractivity contribution in [1.82, 2.24) is 20.0 Å². The highest BCUT2D eigenvalue weighted by atomic mass is 79.9. The fraction of sp³-hybridized carbons (Fsp3) is 0.300. The third-order valence-corrected chi connectivity index (χ3v) is 2.68. The summed E-state index contributed by atoms with van der Waals surface area (Å²) in [5.41, 5.74) is 0.602. The molecule has 2 rings (SSSR count). The molecule has 2 aromatic heterocycles. The molecule has 0 aliphatic carbocycles. The molecular weight excluding hydrogens is 288 g/mol. The topological polar surface area (TPSA) is 73.0 Å². The maximum atomic E-state index is 11.8. The van der Waals surface area contributed by atoms with Crippen molar-refractivity contribution in [2.45, 2.75) is 6.42 Å². The molecule has 1 amide bonds. The Balaban J connectivity index is 1.87. The Labute approximate surface area is 106 Å². The van der Waals surface area contributed by atoms with Crippen molar-refractivity contribution in [2.75, 3.05) is 6.54 Å². The molecule has 0 bridgehead atoms. The van der Waals surface area contributed by atoms with Crippen molar-refractivity contribution in [3.8, 4) is 0 Å². The highest BCUT2D eigenvalue weighted by Gasteiger charge is 2.10. The van der Waals surface area contributed by atoms with Crippen LogP contribution in [0.1, 0.15) is 16.3 Å². The molecule has 90 valence electrons. The number of carbonyl (C=O) groups is 1. The van der Waals surface area contributed by atoms with Gasteiger partial charge < -0.3 is 14.4 Å². The SMILES string of the molecule is Cn1cc(Br)cc1C(=O)NCCc1ncon1. The van der Waals surface area contributed by atoms with E-state index in [2.05, 4.69) is 35.9 Å². The van der Waals surface area contributed by atoms with Crippen LogP contribution in [0, 0.1) is 0 Å². The molecular formula is C10H11BrN4O2. The average Bonchev–Trinajstić information content (AvgIpc) is 2.88. The zero-order chi connectivity index (χ0) is 12.3. The summed E-state index contributed by atoms with van der Waals surface area (Å²) in [5.74, 6) is 0.458. The molecule has 0 spiro atoms. The lowest BCUT2D eigenvalue weighted by atomic mass is 10.3. The summed E-state index contributed by atoms with van der Waals surface area (Å²) in [4.78, 5) is 15.7. The molecule has 0 saturated heterocycles. The van der Waals surface area contributed by atoms with E-state index in [1.165, 1.54) is 6.39 Å². The van der Waals surface area contributed by atoms with E-state index in [0.717, 1.165) is 4.47 Å². The number of nitrogens with one attached hydrogen (secondary N) is 1. The van der Waals surface area contributed by atoms with Crippen LogP contribution in [0.15, 0.2) is 27.7 Å². The summed E-state index contributed by atoms with van der Waals surface area (Å²) in [6.07, 6.45) is 3.65. The van der Waals surface area contributed by atoms with Gasteiger partial charge in [-0.05, 0) is 22.0 Å². The van der Waals surface area contributed by atoms with Crippen molar-refractivity contribution >= 4 is 21.8 Å². The molecule has 0 aliphatic heterocycles. The summed E-state index contributed by atoms with van der Waals surface area (Å²) >= 11 is 3.32. The molecule has 6 nitrogen and oxygen atoms in total. The van der Waals surface area contributed by atoms with Gasteiger partial charge in [0.25, 0.3) is 5.91 Å². The lowest BCUT2D eigenvalue weighted by molar-refractivity contribution is 0.0946. The molecule has 0 aliphatic rings. The van der Waals surface area contributed by atoms with Crippen molar-refractivity contribution in [1.29, 1.82) is 0 Å². The molecule has 0 aromatic carbocycles. The fourth-order valence-electron chi connectivity index (χ4n) is 1.43. The van der Waals surface area contributed by atoms with Gasteiger partial charge in [0.15, 0.2) is 5.82 Å². The Bertz CT molecular complexity index is 506. The fourth-order valence-corrected chi connectivity index (χ4v) is 1.95. The minimum atomic E-state index is -0.123. The van der Waals surface area contributed by atoms with E-state index in [4.69, 9.17) is 0 Å². The van der Waals surface area contributed by atoms with E-state index >= 15 is 0 Å². The lowest BCUT2D eigenvalue weighted by Crippen LogP contribution is -2.27. The van der Waals surface area contributed by atoms with E-state index in [1.807, 2.05) is 13.2 Å². The number of carbonyl (C=O) groups excluding carboxylic acids is 1. The van der Waals surface area contributed by atoms with E-state index < -0.39 is 0 Å². The third-order valence-electron chi connectivity index (χ3n) is 2.25. The van der Waals surface area contributed by atoms with Gasteiger partial charge >= 0.3 is 0 Å².